The summed E-state index contributed by atoms with van der Waals surface area (Å²) < 4.78 is 0. The summed E-state index contributed by atoms with van der Waals surface area (Å²) in [4.78, 5) is 10.4. The van der Waals surface area contributed by atoms with Crippen LogP contribution in [0.5, 0.6) is 0 Å². The van der Waals surface area contributed by atoms with Crippen molar-refractivity contribution in [3.8, 4) is 11.8 Å². The Hall–Kier alpha value is -2.41. The second-order valence-corrected chi connectivity index (χ2v) is 4.25. The molecule has 1 atom stereocenters. The first-order valence-electron chi connectivity index (χ1n) is 6.12. The maximum absolute atomic E-state index is 10.4. The number of aliphatic hydroxyl groups excluding tert-OH is 2. The molecule has 20 heavy (non-hydrogen) atoms. The molecular formula is C17H13O3. The highest BCUT2D eigenvalue weighted by Crippen LogP contribution is 2.12. The zero-order chi connectivity index (χ0) is 14.4. The summed E-state index contributed by atoms with van der Waals surface area (Å²) in [7, 11) is 0. The normalized spacial score (nSPS) is 11.3. The summed E-state index contributed by atoms with van der Waals surface area (Å²) in [5, 5.41) is 18.3. The molecule has 0 amide bonds. The Morgan fingerprint density at radius 2 is 1.30 bits per heavy atom. The molecule has 0 spiro atoms. The largest absolute Gasteiger partial charge is 0.393 e. The lowest BCUT2D eigenvalue weighted by atomic mass is 10.1. The average Bonchev–Trinajstić information content (AvgIpc) is 2.53. The molecular weight excluding hydrogens is 252 g/mol. The van der Waals surface area contributed by atoms with E-state index in [4.69, 9.17) is 5.11 Å². The lowest BCUT2D eigenvalue weighted by Crippen LogP contribution is -2.01. The van der Waals surface area contributed by atoms with Gasteiger partial charge in [-0.2, -0.15) is 0 Å². The molecule has 0 bridgehead atoms. The number of rotatable bonds is 3. The van der Waals surface area contributed by atoms with Crippen LogP contribution in [0, 0.1) is 11.8 Å². The lowest BCUT2D eigenvalue weighted by molar-refractivity contribution is 0.0956. The first kappa shape index (κ1) is 14.0. The van der Waals surface area contributed by atoms with Gasteiger partial charge in [0.1, 0.15) is 6.10 Å². The summed E-state index contributed by atoms with van der Waals surface area (Å²) in [5.41, 5.74) is 2.77. The minimum atomic E-state index is -0.857. The highest BCUT2D eigenvalue weighted by atomic mass is 16.3. The van der Waals surface area contributed by atoms with Gasteiger partial charge in [-0.3, -0.25) is 4.79 Å². The van der Waals surface area contributed by atoms with Crippen molar-refractivity contribution in [1.29, 1.82) is 0 Å². The predicted molar refractivity (Wildman–Crippen MR) is 75.7 cm³/mol. The van der Waals surface area contributed by atoms with Crippen LogP contribution in [0.4, 0.5) is 0 Å². The van der Waals surface area contributed by atoms with Gasteiger partial charge in [-0.1, -0.05) is 24.0 Å². The van der Waals surface area contributed by atoms with E-state index in [9.17, 15) is 9.90 Å². The molecule has 99 valence electrons. The third-order valence-electron chi connectivity index (χ3n) is 2.82. The third kappa shape index (κ3) is 3.55. The molecule has 2 rings (SSSR count). The van der Waals surface area contributed by atoms with Crippen molar-refractivity contribution in [2.75, 3.05) is 6.61 Å². The molecule has 0 aliphatic rings. The van der Waals surface area contributed by atoms with Crippen molar-refractivity contribution in [2.24, 2.45) is 0 Å². The van der Waals surface area contributed by atoms with Gasteiger partial charge in [0.2, 0.25) is 6.29 Å². The van der Waals surface area contributed by atoms with E-state index in [1.807, 2.05) is 6.29 Å². The molecule has 0 aromatic heterocycles. The van der Waals surface area contributed by atoms with Crippen molar-refractivity contribution in [3.05, 3.63) is 70.8 Å². The molecule has 3 nitrogen and oxygen atoms in total. The molecule has 2 N–H and O–H groups in total. The van der Waals surface area contributed by atoms with Crippen molar-refractivity contribution >= 4 is 6.29 Å². The number of benzene rings is 2. The smallest absolute Gasteiger partial charge is 0.233 e. The van der Waals surface area contributed by atoms with E-state index in [0.717, 1.165) is 11.1 Å². The Balaban J connectivity index is 2.13. The molecule has 0 aliphatic carbocycles. The minimum absolute atomic E-state index is 0.300. The summed E-state index contributed by atoms with van der Waals surface area (Å²) in [6.07, 6.45) is 0.951. The standard InChI is InChI=1S/C17H13O3/c18-11-15-5-3-13(4-6-15)1-2-14-7-9-16(10-8-14)17(20)12-19/h3-10,17,19-20H,12H2/t17-/m1/s1. The second-order valence-electron chi connectivity index (χ2n) is 4.25. The van der Waals surface area contributed by atoms with Crippen LogP contribution in [0.1, 0.15) is 28.4 Å². The highest BCUT2D eigenvalue weighted by molar-refractivity contribution is 5.75. The SMILES string of the molecule is O=[C]c1ccc(C#Cc2ccc([C@H](O)CO)cc2)cc1. The van der Waals surface area contributed by atoms with Gasteiger partial charge in [0.15, 0.2) is 0 Å². The molecule has 0 unspecified atom stereocenters. The molecule has 0 aliphatic heterocycles. The van der Waals surface area contributed by atoms with Crippen molar-refractivity contribution in [1.82, 2.24) is 0 Å². The molecule has 0 saturated carbocycles. The Morgan fingerprint density at radius 3 is 1.75 bits per heavy atom. The van der Waals surface area contributed by atoms with Gasteiger partial charge in [-0.05, 0) is 42.0 Å². The van der Waals surface area contributed by atoms with Crippen molar-refractivity contribution in [2.45, 2.75) is 6.10 Å². The summed E-state index contributed by atoms with van der Waals surface area (Å²) in [5.74, 6) is 5.97. The topological polar surface area (TPSA) is 57.5 Å². The summed E-state index contributed by atoms with van der Waals surface area (Å²) in [6, 6.07) is 13.9. The van der Waals surface area contributed by atoms with E-state index >= 15 is 0 Å². The van der Waals surface area contributed by atoms with Crippen LogP contribution in [-0.2, 0) is 4.79 Å². The minimum Gasteiger partial charge on any atom is -0.393 e. The van der Waals surface area contributed by atoms with Gasteiger partial charge < -0.3 is 10.2 Å². The Morgan fingerprint density at radius 1 is 0.850 bits per heavy atom. The van der Waals surface area contributed by atoms with E-state index in [1.54, 1.807) is 48.5 Å². The third-order valence-corrected chi connectivity index (χ3v) is 2.82. The van der Waals surface area contributed by atoms with E-state index in [-0.39, 0.29) is 6.61 Å². The fraction of sp³-hybridized carbons (Fsp3) is 0.118. The molecule has 1 radical (unpaired) electrons. The number of hydrogen-bond donors (Lipinski definition) is 2. The molecule has 2 aromatic rings. The van der Waals surface area contributed by atoms with E-state index < -0.39 is 6.10 Å². The van der Waals surface area contributed by atoms with Gasteiger partial charge >= 0.3 is 0 Å². The van der Waals surface area contributed by atoms with Gasteiger partial charge in [-0.15, -0.1) is 0 Å². The maximum atomic E-state index is 10.4. The van der Waals surface area contributed by atoms with Crippen LogP contribution in [-0.4, -0.2) is 23.1 Å². The average molecular weight is 265 g/mol. The van der Waals surface area contributed by atoms with Crippen LogP contribution in [0.25, 0.3) is 0 Å². The highest BCUT2D eigenvalue weighted by Gasteiger charge is 2.04. The Kier molecular flexibility index (Phi) is 4.67. The van der Waals surface area contributed by atoms with Crippen LogP contribution in [0.3, 0.4) is 0 Å². The van der Waals surface area contributed by atoms with Crippen LogP contribution < -0.4 is 0 Å². The van der Waals surface area contributed by atoms with Crippen LogP contribution in [0.15, 0.2) is 48.5 Å². The zero-order valence-electron chi connectivity index (χ0n) is 10.7. The first-order valence-corrected chi connectivity index (χ1v) is 6.12. The van der Waals surface area contributed by atoms with E-state index in [1.165, 1.54) is 0 Å². The number of carbonyl (C=O) groups excluding carboxylic acids is 1. The maximum Gasteiger partial charge on any atom is 0.233 e. The number of aliphatic hydroxyl groups is 2. The Labute approximate surface area is 117 Å². The molecule has 0 fully saturated rings. The predicted octanol–water partition coefficient (Wildman–Crippen LogP) is 1.57. The van der Waals surface area contributed by atoms with Crippen LogP contribution in [0.2, 0.25) is 0 Å². The van der Waals surface area contributed by atoms with E-state index in [2.05, 4.69) is 11.8 Å². The van der Waals surface area contributed by atoms with Gasteiger partial charge in [0, 0.05) is 16.7 Å². The van der Waals surface area contributed by atoms with Crippen LogP contribution >= 0.6 is 0 Å². The van der Waals surface area contributed by atoms with E-state index in [0.29, 0.717) is 11.1 Å². The molecule has 0 saturated heterocycles. The Bertz CT molecular complexity index is 631. The summed E-state index contributed by atoms with van der Waals surface area (Å²) >= 11 is 0. The fourth-order valence-corrected chi connectivity index (χ4v) is 1.66. The molecule has 0 heterocycles. The van der Waals surface area contributed by atoms with Gasteiger partial charge in [0.25, 0.3) is 0 Å². The monoisotopic (exact) mass is 265 g/mol. The quantitative estimate of drug-likeness (QED) is 0.828. The first-order chi connectivity index (χ1) is 9.72. The van der Waals surface area contributed by atoms with Gasteiger partial charge in [-0.25, -0.2) is 0 Å². The fourth-order valence-electron chi connectivity index (χ4n) is 1.66. The van der Waals surface area contributed by atoms with Crippen molar-refractivity contribution in [3.63, 3.8) is 0 Å². The summed E-state index contributed by atoms with van der Waals surface area (Å²) in [6.45, 7) is -0.300. The molecule has 3 heteroatoms. The number of hydrogen-bond acceptors (Lipinski definition) is 3. The second kappa shape index (κ2) is 6.67. The zero-order valence-corrected chi connectivity index (χ0v) is 10.7. The molecule has 2 aromatic carbocycles. The van der Waals surface area contributed by atoms with Crippen molar-refractivity contribution < 1.29 is 15.0 Å². The lowest BCUT2D eigenvalue weighted by Gasteiger charge is -2.06. The van der Waals surface area contributed by atoms with Gasteiger partial charge in [0.05, 0.1) is 6.61 Å².